The second kappa shape index (κ2) is 5.53. The molecule has 2 aromatic carbocycles. The third-order valence-electron chi connectivity index (χ3n) is 3.43. The summed E-state index contributed by atoms with van der Waals surface area (Å²) >= 11 is 12.5. The van der Waals surface area contributed by atoms with Gasteiger partial charge in [0.1, 0.15) is 5.82 Å². The number of nitrogens with zero attached hydrogens (tertiary/aromatic N) is 1. The molecule has 106 valence electrons. The second-order valence-electron chi connectivity index (χ2n) is 4.70. The summed E-state index contributed by atoms with van der Waals surface area (Å²) in [6, 6.07) is 13.1. The van der Waals surface area contributed by atoms with E-state index in [2.05, 4.69) is 4.98 Å². The Labute approximate surface area is 132 Å². The fourth-order valence-electron chi connectivity index (χ4n) is 2.47. The average Bonchev–Trinajstić information content (AvgIpc) is 2.47. The van der Waals surface area contributed by atoms with Crippen LogP contribution in [0.15, 0.2) is 42.5 Å². The summed E-state index contributed by atoms with van der Waals surface area (Å²) in [5.74, 6) is 0.419. The maximum Gasteiger partial charge on any atom is 0.129 e. The van der Waals surface area contributed by atoms with Crippen molar-refractivity contribution in [3.63, 3.8) is 0 Å². The van der Waals surface area contributed by atoms with Crippen molar-refractivity contribution < 1.29 is 0 Å². The molecule has 0 saturated carbocycles. The van der Waals surface area contributed by atoms with Gasteiger partial charge in [-0.25, -0.2) is 4.98 Å². The molecule has 0 bridgehead atoms. The van der Waals surface area contributed by atoms with E-state index in [1.807, 2.05) is 36.4 Å². The number of benzene rings is 2. The van der Waals surface area contributed by atoms with Gasteiger partial charge in [0.2, 0.25) is 0 Å². The Morgan fingerprint density at radius 1 is 1.05 bits per heavy atom. The molecule has 3 aromatic rings. The van der Waals surface area contributed by atoms with Crippen molar-refractivity contribution in [1.29, 1.82) is 0 Å². The predicted octanol–water partition coefficient (Wildman–Crippen LogP) is 4.25. The molecule has 0 unspecified atom stereocenters. The molecule has 0 amide bonds. The zero-order valence-electron chi connectivity index (χ0n) is 11.1. The molecular formula is C16H13Cl2N3. The van der Waals surface area contributed by atoms with Gasteiger partial charge in [-0.05, 0) is 24.3 Å². The highest BCUT2D eigenvalue weighted by molar-refractivity contribution is 6.34. The van der Waals surface area contributed by atoms with Crippen LogP contribution in [0.3, 0.4) is 0 Å². The normalized spacial score (nSPS) is 11.0. The minimum atomic E-state index is 0.280. The summed E-state index contributed by atoms with van der Waals surface area (Å²) in [6.45, 7) is 0.280. The molecule has 0 atom stereocenters. The summed E-state index contributed by atoms with van der Waals surface area (Å²) in [5, 5.41) is 2.16. The lowest BCUT2D eigenvalue weighted by Gasteiger charge is -2.15. The van der Waals surface area contributed by atoms with Crippen LogP contribution in [0.4, 0.5) is 5.82 Å². The van der Waals surface area contributed by atoms with E-state index in [4.69, 9.17) is 34.7 Å². The number of hydrogen-bond donors (Lipinski definition) is 2. The second-order valence-corrected chi connectivity index (χ2v) is 5.54. The van der Waals surface area contributed by atoms with E-state index in [9.17, 15) is 0 Å². The van der Waals surface area contributed by atoms with Crippen LogP contribution in [0.5, 0.6) is 0 Å². The van der Waals surface area contributed by atoms with Crippen molar-refractivity contribution in [2.45, 2.75) is 6.54 Å². The Morgan fingerprint density at radius 2 is 1.81 bits per heavy atom. The maximum atomic E-state index is 6.35. The molecule has 4 N–H and O–H groups in total. The van der Waals surface area contributed by atoms with Crippen molar-refractivity contribution in [2.75, 3.05) is 5.73 Å². The van der Waals surface area contributed by atoms with E-state index in [1.54, 1.807) is 6.07 Å². The van der Waals surface area contributed by atoms with Gasteiger partial charge in [0.15, 0.2) is 0 Å². The van der Waals surface area contributed by atoms with Crippen molar-refractivity contribution in [2.24, 2.45) is 5.73 Å². The van der Waals surface area contributed by atoms with Gasteiger partial charge in [-0.2, -0.15) is 0 Å². The van der Waals surface area contributed by atoms with E-state index in [1.165, 1.54) is 0 Å². The van der Waals surface area contributed by atoms with Gasteiger partial charge >= 0.3 is 0 Å². The highest BCUT2D eigenvalue weighted by atomic mass is 35.5. The van der Waals surface area contributed by atoms with Gasteiger partial charge in [0.05, 0.1) is 5.52 Å². The molecule has 0 aliphatic carbocycles. The first kappa shape index (κ1) is 14.1. The quantitative estimate of drug-likeness (QED) is 0.742. The predicted molar refractivity (Wildman–Crippen MR) is 89.5 cm³/mol. The molecule has 0 radical (unpaired) electrons. The van der Waals surface area contributed by atoms with Gasteiger partial charge in [0, 0.05) is 38.7 Å². The molecule has 1 aromatic heterocycles. The number of nitrogens with two attached hydrogens (primary N) is 2. The minimum absolute atomic E-state index is 0.280. The molecule has 21 heavy (non-hydrogen) atoms. The lowest BCUT2D eigenvalue weighted by Crippen LogP contribution is -2.07. The van der Waals surface area contributed by atoms with E-state index < -0.39 is 0 Å². The Hall–Kier alpha value is -1.81. The molecule has 0 spiro atoms. The largest absolute Gasteiger partial charge is 0.383 e. The summed E-state index contributed by atoms with van der Waals surface area (Å²) in [4.78, 5) is 4.40. The number of halogens is 2. The SMILES string of the molecule is NCc1c(N)nc2ccc(Cl)cc2c1-c1ccccc1Cl. The molecular weight excluding hydrogens is 305 g/mol. The fourth-order valence-corrected chi connectivity index (χ4v) is 2.87. The minimum Gasteiger partial charge on any atom is -0.383 e. The zero-order valence-corrected chi connectivity index (χ0v) is 12.6. The van der Waals surface area contributed by atoms with Crippen LogP contribution in [0.1, 0.15) is 5.56 Å². The molecule has 0 fully saturated rings. The Morgan fingerprint density at radius 3 is 2.52 bits per heavy atom. The number of fused-ring (bicyclic) bond motifs is 1. The molecule has 3 rings (SSSR count). The fraction of sp³-hybridized carbons (Fsp3) is 0.0625. The number of aromatic nitrogens is 1. The van der Waals surface area contributed by atoms with E-state index in [0.717, 1.165) is 27.6 Å². The Balaban J connectivity index is 2.48. The van der Waals surface area contributed by atoms with Gasteiger partial charge in [-0.15, -0.1) is 0 Å². The third-order valence-corrected chi connectivity index (χ3v) is 3.99. The van der Waals surface area contributed by atoms with Crippen LogP contribution < -0.4 is 11.5 Å². The van der Waals surface area contributed by atoms with Crippen molar-refractivity contribution in [1.82, 2.24) is 4.98 Å². The van der Waals surface area contributed by atoms with E-state index in [-0.39, 0.29) is 6.54 Å². The topological polar surface area (TPSA) is 64.9 Å². The number of hydrogen-bond acceptors (Lipinski definition) is 3. The lowest BCUT2D eigenvalue weighted by molar-refractivity contribution is 1.07. The van der Waals surface area contributed by atoms with Crippen molar-refractivity contribution >= 4 is 39.9 Å². The van der Waals surface area contributed by atoms with Crippen molar-refractivity contribution in [3.8, 4) is 11.1 Å². The lowest BCUT2D eigenvalue weighted by atomic mass is 9.95. The van der Waals surface area contributed by atoms with Crippen molar-refractivity contribution in [3.05, 3.63) is 58.1 Å². The molecule has 0 aliphatic rings. The summed E-state index contributed by atoms with van der Waals surface area (Å²) in [7, 11) is 0. The monoisotopic (exact) mass is 317 g/mol. The number of rotatable bonds is 2. The molecule has 0 saturated heterocycles. The van der Waals surface area contributed by atoms with Crippen LogP contribution in [-0.2, 0) is 6.54 Å². The van der Waals surface area contributed by atoms with E-state index in [0.29, 0.717) is 15.9 Å². The van der Waals surface area contributed by atoms with Gasteiger partial charge in [-0.3, -0.25) is 0 Å². The zero-order chi connectivity index (χ0) is 15.0. The summed E-state index contributed by atoms with van der Waals surface area (Å²) in [5.41, 5.74) is 15.2. The summed E-state index contributed by atoms with van der Waals surface area (Å²) in [6.07, 6.45) is 0. The smallest absolute Gasteiger partial charge is 0.129 e. The first-order valence-electron chi connectivity index (χ1n) is 6.44. The molecule has 1 heterocycles. The number of nitrogen functional groups attached to an aromatic ring is 1. The molecule has 3 nitrogen and oxygen atoms in total. The standard InChI is InChI=1S/C16H13Cl2N3/c17-9-5-6-14-11(7-9)15(12(8-19)16(20)21-14)10-3-1-2-4-13(10)18/h1-7H,8,19H2,(H2,20,21). The van der Waals surface area contributed by atoms with Crippen LogP contribution in [0.2, 0.25) is 10.0 Å². The summed E-state index contributed by atoms with van der Waals surface area (Å²) < 4.78 is 0. The Bertz CT molecular complexity index is 831. The van der Waals surface area contributed by atoms with Crippen LogP contribution in [-0.4, -0.2) is 4.98 Å². The number of pyridine rings is 1. The molecule has 5 heteroatoms. The van der Waals surface area contributed by atoms with Crippen LogP contribution in [0.25, 0.3) is 22.0 Å². The van der Waals surface area contributed by atoms with Gasteiger partial charge in [0.25, 0.3) is 0 Å². The maximum absolute atomic E-state index is 6.35. The highest BCUT2D eigenvalue weighted by Crippen LogP contribution is 2.38. The van der Waals surface area contributed by atoms with Crippen LogP contribution >= 0.6 is 23.2 Å². The van der Waals surface area contributed by atoms with Gasteiger partial charge in [-0.1, -0.05) is 41.4 Å². The highest BCUT2D eigenvalue weighted by Gasteiger charge is 2.16. The average molecular weight is 318 g/mol. The number of anilines is 1. The Kier molecular flexibility index (Phi) is 3.72. The first-order chi connectivity index (χ1) is 10.1. The van der Waals surface area contributed by atoms with Crippen LogP contribution in [0, 0.1) is 0 Å². The molecule has 0 aliphatic heterocycles. The van der Waals surface area contributed by atoms with E-state index >= 15 is 0 Å². The third kappa shape index (κ3) is 2.44. The first-order valence-corrected chi connectivity index (χ1v) is 7.20. The van der Waals surface area contributed by atoms with Gasteiger partial charge < -0.3 is 11.5 Å².